The van der Waals surface area contributed by atoms with Gasteiger partial charge < -0.3 is 10.5 Å². The molecule has 1 aromatic rings. The van der Waals surface area contributed by atoms with Crippen molar-refractivity contribution < 1.29 is 4.74 Å². The molecule has 0 saturated carbocycles. The Bertz CT molecular complexity index is 378. The van der Waals surface area contributed by atoms with Crippen LogP contribution in [0.5, 0.6) is 5.75 Å². The predicted molar refractivity (Wildman–Crippen MR) is 82.9 cm³/mol. The van der Waals surface area contributed by atoms with Gasteiger partial charge in [0, 0.05) is 24.9 Å². The minimum atomic E-state index is 0.319. The van der Waals surface area contributed by atoms with Gasteiger partial charge >= 0.3 is 0 Å². The molecule has 1 aliphatic rings. The zero-order valence-corrected chi connectivity index (χ0v) is 12.5. The average molecular weight is 280 g/mol. The Kier molecular flexibility index (Phi) is 6.01. The maximum absolute atomic E-state index is 6.02. The van der Waals surface area contributed by atoms with E-state index in [9.17, 15) is 0 Å². The number of hydrogen-bond donors (Lipinski definition) is 1. The van der Waals surface area contributed by atoms with Gasteiger partial charge in [-0.3, -0.25) is 4.90 Å². The lowest BCUT2D eigenvalue weighted by molar-refractivity contribution is 0.217. The Labute approximate surface area is 120 Å². The lowest BCUT2D eigenvalue weighted by atomic mass is 10.0. The molecule has 1 saturated heterocycles. The summed E-state index contributed by atoms with van der Waals surface area (Å²) in [7, 11) is 0. The van der Waals surface area contributed by atoms with Crippen molar-refractivity contribution in [1.29, 1.82) is 0 Å². The van der Waals surface area contributed by atoms with Crippen LogP contribution in [0.1, 0.15) is 24.9 Å². The highest BCUT2D eigenvalue weighted by molar-refractivity contribution is 7.99. The molecule has 1 heterocycles. The van der Waals surface area contributed by atoms with Crippen molar-refractivity contribution in [2.75, 3.05) is 37.7 Å². The first-order valence-corrected chi connectivity index (χ1v) is 8.25. The Hall–Kier alpha value is -0.710. The molecule has 0 aliphatic carbocycles. The topological polar surface area (TPSA) is 38.5 Å². The van der Waals surface area contributed by atoms with Gasteiger partial charge in [-0.15, -0.1) is 0 Å². The highest BCUT2D eigenvalue weighted by Gasteiger charge is 2.20. The Morgan fingerprint density at radius 3 is 3.05 bits per heavy atom. The highest BCUT2D eigenvalue weighted by atomic mass is 32.2. The van der Waals surface area contributed by atoms with Crippen molar-refractivity contribution in [1.82, 2.24) is 4.90 Å². The van der Waals surface area contributed by atoms with Crippen LogP contribution in [0.2, 0.25) is 0 Å². The fraction of sp³-hybridized carbons (Fsp3) is 0.600. The van der Waals surface area contributed by atoms with Crippen molar-refractivity contribution in [3.8, 4) is 5.75 Å². The number of hydrogen-bond acceptors (Lipinski definition) is 4. The molecule has 2 N–H and O–H groups in total. The molecule has 0 bridgehead atoms. The Balaban J connectivity index is 2.13. The van der Waals surface area contributed by atoms with Crippen LogP contribution in [0, 0.1) is 0 Å². The highest BCUT2D eigenvalue weighted by Crippen LogP contribution is 2.25. The zero-order chi connectivity index (χ0) is 13.5. The first kappa shape index (κ1) is 14.7. The maximum Gasteiger partial charge on any atom is 0.119 e. The molecule has 106 valence electrons. The molecule has 4 heteroatoms. The van der Waals surface area contributed by atoms with Gasteiger partial charge in [0.25, 0.3) is 0 Å². The fourth-order valence-electron chi connectivity index (χ4n) is 2.55. The van der Waals surface area contributed by atoms with E-state index in [1.54, 1.807) is 0 Å². The summed E-state index contributed by atoms with van der Waals surface area (Å²) < 4.78 is 5.59. The third-order valence-electron chi connectivity index (χ3n) is 3.47. The second-order valence-electron chi connectivity index (χ2n) is 4.76. The summed E-state index contributed by atoms with van der Waals surface area (Å²) in [6.07, 6.45) is 1.26. The Morgan fingerprint density at radius 1 is 1.37 bits per heavy atom. The number of ether oxygens (including phenoxy) is 1. The number of benzene rings is 1. The molecular weight excluding hydrogens is 256 g/mol. The summed E-state index contributed by atoms with van der Waals surface area (Å²) in [5, 5.41) is 0. The van der Waals surface area contributed by atoms with Gasteiger partial charge in [0.2, 0.25) is 0 Å². The monoisotopic (exact) mass is 280 g/mol. The van der Waals surface area contributed by atoms with Crippen molar-refractivity contribution in [3.63, 3.8) is 0 Å². The van der Waals surface area contributed by atoms with E-state index in [1.165, 1.54) is 23.5 Å². The van der Waals surface area contributed by atoms with Crippen LogP contribution < -0.4 is 10.5 Å². The first-order valence-electron chi connectivity index (χ1n) is 7.09. The van der Waals surface area contributed by atoms with E-state index in [1.807, 2.05) is 24.8 Å². The minimum Gasteiger partial charge on any atom is -0.494 e. The molecule has 0 aromatic heterocycles. The third kappa shape index (κ3) is 4.13. The zero-order valence-electron chi connectivity index (χ0n) is 11.7. The van der Waals surface area contributed by atoms with E-state index in [-0.39, 0.29) is 0 Å². The molecule has 1 fully saturated rings. The number of thioether (sulfide) groups is 1. The molecule has 2 rings (SSSR count). The average Bonchev–Trinajstić information content (AvgIpc) is 2.70. The predicted octanol–water partition coefficient (Wildman–Crippen LogP) is 2.52. The minimum absolute atomic E-state index is 0.319. The van der Waals surface area contributed by atoms with E-state index in [0.717, 1.165) is 18.8 Å². The van der Waals surface area contributed by atoms with Gasteiger partial charge in [-0.2, -0.15) is 11.8 Å². The number of rotatable bonds is 5. The maximum atomic E-state index is 6.02. The fourth-order valence-corrected chi connectivity index (χ4v) is 3.45. The van der Waals surface area contributed by atoms with Gasteiger partial charge in [0.05, 0.1) is 6.61 Å². The van der Waals surface area contributed by atoms with Crippen LogP contribution in [0.3, 0.4) is 0 Å². The SMILES string of the molecule is CCOc1cccc(C(CN)N2CCCSCC2)c1. The van der Waals surface area contributed by atoms with Crippen LogP contribution >= 0.6 is 11.8 Å². The molecule has 0 spiro atoms. The summed E-state index contributed by atoms with van der Waals surface area (Å²) in [5.41, 5.74) is 7.30. The van der Waals surface area contributed by atoms with Crippen LogP contribution in [-0.2, 0) is 0 Å². The number of nitrogens with zero attached hydrogens (tertiary/aromatic N) is 1. The normalized spacial score (nSPS) is 18.8. The van der Waals surface area contributed by atoms with E-state index >= 15 is 0 Å². The van der Waals surface area contributed by atoms with Gasteiger partial charge in [0.15, 0.2) is 0 Å². The summed E-state index contributed by atoms with van der Waals surface area (Å²) in [4.78, 5) is 2.52. The van der Waals surface area contributed by atoms with Crippen molar-refractivity contribution in [2.45, 2.75) is 19.4 Å². The van der Waals surface area contributed by atoms with Crippen LogP contribution in [-0.4, -0.2) is 42.6 Å². The standard InChI is InChI=1S/C15H24N2OS/c1-2-18-14-6-3-5-13(11-14)15(12-16)17-7-4-9-19-10-8-17/h3,5-6,11,15H,2,4,7-10,12,16H2,1H3. The van der Waals surface area contributed by atoms with Gasteiger partial charge in [-0.05, 0) is 43.3 Å². The molecule has 0 amide bonds. The first-order chi connectivity index (χ1) is 9.35. The van der Waals surface area contributed by atoms with E-state index in [0.29, 0.717) is 19.2 Å². The van der Waals surface area contributed by atoms with Crippen molar-refractivity contribution in [3.05, 3.63) is 29.8 Å². The third-order valence-corrected chi connectivity index (χ3v) is 4.52. The molecule has 1 aromatic carbocycles. The number of nitrogens with two attached hydrogens (primary N) is 1. The van der Waals surface area contributed by atoms with Gasteiger partial charge in [0.1, 0.15) is 5.75 Å². The molecule has 19 heavy (non-hydrogen) atoms. The summed E-state index contributed by atoms with van der Waals surface area (Å²) >= 11 is 2.05. The van der Waals surface area contributed by atoms with Gasteiger partial charge in [-0.1, -0.05) is 12.1 Å². The van der Waals surface area contributed by atoms with Crippen LogP contribution in [0.4, 0.5) is 0 Å². The molecule has 3 nitrogen and oxygen atoms in total. The molecule has 1 aliphatic heterocycles. The van der Waals surface area contributed by atoms with Crippen LogP contribution in [0.25, 0.3) is 0 Å². The second-order valence-corrected chi connectivity index (χ2v) is 5.98. The summed E-state index contributed by atoms with van der Waals surface area (Å²) in [5.74, 6) is 3.43. The molecule has 0 radical (unpaired) electrons. The Morgan fingerprint density at radius 2 is 2.26 bits per heavy atom. The van der Waals surface area contributed by atoms with Crippen LogP contribution in [0.15, 0.2) is 24.3 Å². The lowest BCUT2D eigenvalue weighted by Gasteiger charge is -2.30. The quantitative estimate of drug-likeness (QED) is 0.899. The van der Waals surface area contributed by atoms with E-state index in [2.05, 4.69) is 23.1 Å². The molecular formula is C15H24N2OS. The van der Waals surface area contributed by atoms with E-state index < -0.39 is 0 Å². The smallest absolute Gasteiger partial charge is 0.119 e. The summed E-state index contributed by atoms with van der Waals surface area (Å²) in [6, 6.07) is 8.70. The molecule has 1 atom stereocenters. The second kappa shape index (κ2) is 7.78. The summed E-state index contributed by atoms with van der Waals surface area (Å²) in [6.45, 7) is 5.66. The van der Waals surface area contributed by atoms with Crippen molar-refractivity contribution in [2.24, 2.45) is 5.73 Å². The largest absolute Gasteiger partial charge is 0.494 e. The lowest BCUT2D eigenvalue weighted by Crippen LogP contribution is -2.35. The van der Waals surface area contributed by atoms with E-state index in [4.69, 9.17) is 10.5 Å². The van der Waals surface area contributed by atoms with Gasteiger partial charge in [-0.25, -0.2) is 0 Å². The molecule has 1 unspecified atom stereocenters. The van der Waals surface area contributed by atoms with Crippen molar-refractivity contribution >= 4 is 11.8 Å².